The second kappa shape index (κ2) is 10.1. The maximum Gasteiger partial charge on any atom is 0.317 e. The smallest absolute Gasteiger partial charge is 0.317 e. The van der Waals surface area contributed by atoms with Crippen molar-refractivity contribution in [2.75, 3.05) is 45.2 Å². The molecule has 7 nitrogen and oxygen atoms in total. The summed E-state index contributed by atoms with van der Waals surface area (Å²) in [6.45, 7) is 3.65. The van der Waals surface area contributed by atoms with Gasteiger partial charge in [-0.25, -0.2) is 4.79 Å². The van der Waals surface area contributed by atoms with Gasteiger partial charge in [0.15, 0.2) is 0 Å². The Balaban J connectivity index is 1.39. The van der Waals surface area contributed by atoms with E-state index in [1.54, 1.807) is 23.1 Å². The van der Waals surface area contributed by atoms with Crippen LogP contribution in [0.25, 0.3) is 0 Å². The van der Waals surface area contributed by atoms with Crippen molar-refractivity contribution in [3.8, 4) is 5.75 Å². The van der Waals surface area contributed by atoms with Crippen molar-refractivity contribution in [2.45, 2.75) is 6.54 Å². The molecule has 1 aliphatic rings. The highest BCUT2D eigenvalue weighted by Crippen LogP contribution is 2.27. The Bertz CT molecular complexity index is 839. The van der Waals surface area contributed by atoms with Crippen LogP contribution in [0.5, 0.6) is 5.75 Å². The van der Waals surface area contributed by atoms with Gasteiger partial charge in [-0.3, -0.25) is 9.69 Å². The zero-order valence-corrected chi connectivity index (χ0v) is 17.1. The Hall–Kier alpha value is -2.77. The van der Waals surface area contributed by atoms with Crippen LogP contribution in [0.4, 0.5) is 10.5 Å². The van der Waals surface area contributed by atoms with Crippen molar-refractivity contribution >= 4 is 29.2 Å². The van der Waals surface area contributed by atoms with Crippen molar-refractivity contribution in [2.24, 2.45) is 0 Å². The van der Waals surface area contributed by atoms with Crippen LogP contribution in [0, 0.1) is 0 Å². The van der Waals surface area contributed by atoms with E-state index in [9.17, 15) is 9.59 Å². The zero-order valence-electron chi connectivity index (χ0n) is 16.4. The van der Waals surface area contributed by atoms with E-state index in [1.807, 2.05) is 18.2 Å². The molecule has 2 aromatic carbocycles. The van der Waals surface area contributed by atoms with Crippen LogP contribution in [0.1, 0.15) is 5.56 Å². The molecule has 29 heavy (non-hydrogen) atoms. The van der Waals surface area contributed by atoms with Gasteiger partial charge >= 0.3 is 6.03 Å². The normalized spacial score (nSPS) is 14.3. The minimum Gasteiger partial charge on any atom is -0.495 e. The lowest BCUT2D eigenvalue weighted by atomic mass is 10.2. The van der Waals surface area contributed by atoms with Gasteiger partial charge in [0.1, 0.15) is 5.75 Å². The van der Waals surface area contributed by atoms with Crippen molar-refractivity contribution in [1.29, 1.82) is 0 Å². The second-order valence-electron chi connectivity index (χ2n) is 6.81. The zero-order chi connectivity index (χ0) is 20.6. The number of nitrogens with one attached hydrogen (secondary N) is 2. The average molecular weight is 417 g/mol. The van der Waals surface area contributed by atoms with Gasteiger partial charge in [-0.2, -0.15) is 0 Å². The van der Waals surface area contributed by atoms with E-state index in [4.69, 9.17) is 16.3 Å². The first-order valence-electron chi connectivity index (χ1n) is 9.47. The molecule has 0 spiro atoms. The first kappa shape index (κ1) is 21.0. The molecule has 0 aliphatic carbocycles. The third kappa shape index (κ3) is 6.10. The summed E-state index contributed by atoms with van der Waals surface area (Å²) in [4.78, 5) is 28.5. The number of urea groups is 1. The van der Waals surface area contributed by atoms with E-state index in [1.165, 1.54) is 12.7 Å². The summed E-state index contributed by atoms with van der Waals surface area (Å²) in [5.74, 6) is 0.215. The van der Waals surface area contributed by atoms with Gasteiger partial charge in [0, 0.05) is 38.4 Å². The minimum atomic E-state index is -0.317. The van der Waals surface area contributed by atoms with E-state index in [0.717, 1.165) is 19.6 Å². The predicted molar refractivity (Wildman–Crippen MR) is 113 cm³/mol. The molecule has 0 aromatic heterocycles. The molecule has 8 heteroatoms. The van der Waals surface area contributed by atoms with Gasteiger partial charge in [0.2, 0.25) is 5.91 Å². The summed E-state index contributed by atoms with van der Waals surface area (Å²) >= 11 is 6.05. The van der Waals surface area contributed by atoms with E-state index < -0.39 is 0 Å². The highest BCUT2D eigenvalue weighted by atomic mass is 35.5. The molecule has 0 unspecified atom stereocenters. The topological polar surface area (TPSA) is 73.9 Å². The fraction of sp³-hybridized carbons (Fsp3) is 0.333. The Morgan fingerprint density at radius 1 is 1.07 bits per heavy atom. The number of nitrogens with zero attached hydrogens (tertiary/aromatic N) is 2. The maximum atomic E-state index is 12.3. The quantitative estimate of drug-likeness (QED) is 0.759. The lowest BCUT2D eigenvalue weighted by Gasteiger charge is -2.34. The molecule has 0 bridgehead atoms. The molecule has 154 valence electrons. The molecule has 0 radical (unpaired) electrons. The van der Waals surface area contributed by atoms with Crippen LogP contribution >= 0.6 is 11.6 Å². The van der Waals surface area contributed by atoms with Gasteiger partial charge in [-0.05, 0) is 23.8 Å². The number of ether oxygens (including phenoxy) is 1. The number of hydrogen-bond acceptors (Lipinski definition) is 4. The number of carbonyl (C=O) groups is 2. The standard InChI is InChI=1S/C21H25ClN4O3/c1-29-19-8-7-17(13-18(19)22)24-20(27)14-23-21(28)26-11-9-25(10-12-26)15-16-5-3-2-4-6-16/h2-8,13H,9-12,14-15H2,1H3,(H,23,28)(H,24,27). The molecule has 1 fully saturated rings. The Labute approximate surface area is 175 Å². The van der Waals surface area contributed by atoms with Crippen molar-refractivity contribution < 1.29 is 14.3 Å². The summed E-state index contributed by atoms with van der Waals surface area (Å²) in [6, 6.07) is 15.0. The number of methoxy groups -OCH3 is 1. The lowest BCUT2D eigenvalue weighted by molar-refractivity contribution is -0.115. The molecular weight excluding hydrogens is 392 g/mol. The molecule has 2 N–H and O–H groups in total. The number of anilines is 1. The number of rotatable bonds is 6. The van der Waals surface area contributed by atoms with Crippen LogP contribution in [-0.2, 0) is 11.3 Å². The molecule has 1 aliphatic heterocycles. The second-order valence-corrected chi connectivity index (χ2v) is 7.21. The third-order valence-electron chi connectivity index (χ3n) is 4.74. The Morgan fingerprint density at radius 2 is 1.79 bits per heavy atom. The number of halogens is 1. The lowest BCUT2D eigenvalue weighted by Crippen LogP contribution is -2.52. The number of benzene rings is 2. The van der Waals surface area contributed by atoms with E-state index in [2.05, 4.69) is 27.7 Å². The number of carbonyl (C=O) groups excluding carboxylic acids is 2. The molecule has 2 aromatic rings. The summed E-state index contributed by atoms with van der Waals surface area (Å²) < 4.78 is 5.08. The molecule has 3 amide bonds. The Kier molecular flexibility index (Phi) is 7.32. The van der Waals surface area contributed by atoms with Gasteiger partial charge in [-0.1, -0.05) is 41.9 Å². The summed E-state index contributed by atoms with van der Waals surface area (Å²) in [6.07, 6.45) is 0. The summed E-state index contributed by atoms with van der Waals surface area (Å²) in [7, 11) is 1.52. The van der Waals surface area contributed by atoms with Gasteiger partial charge in [-0.15, -0.1) is 0 Å². The van der Waals surface area contributed by atoms with Crippen LogP contribution in [0.2, 0.25) is 5.02 Å². The van der Waals surface area contributed by atoms with Gasteiger partial charge < -0.3 is 20.3 Å². The Morgan fingerprint density at radius 3 is 2.45 bits per heavy atom. The molecule has 1 saturated heterocycles. The van der Waals surface area contributed by atoms with Crippen LogP contribution in [0.3, 0.4) is 0 Å². The third-order valence-corrected chi connectivity index (χ3v) is 5.04. The summed E-state index contributed by atoms with van der Waals surface area (Å²) in [5, 5.41) is 5.78. The monoisotopic (exact) mass is 416 g/mol. The van der Waals surface area contributed by atoms with Gasteiger partial charge in [0.05, 0.1) is 18.7 Å². The SMILES string of the molecule is COc1ccc(NC(=O)CNC(=O)N2CCN(Cc3ccccc3)CC2)cc1Cl. The van der Waals surface area contributed by atoms with E-state index in [0.29, 0.717) is 29.5 Å². The largest absolute Gasteiger partial charge is 0.495 e. The minimum absolute atomic E-state index is 0.104. The number of hydrogen-bond donors (Lipinski definition) is 2. The van der Waals surface area contributed by atoms with Crippen LogP contribution in [-0.4, -0.2) is 61.6 Å². The van der Waals surface area contributed by atoms with Crippen LogP contribution < -0.4 is 15.4 Å². The van der Waals surface area contributed by atoms with E-state index >= 15 is 0 Å². The highest BCUT2D eigenvalue weighted by molar-refractivity contribution is 6.32. The average Bonchev–Trinajstić information content (AvgIpc) is 2.73. The predicted octanol–water partition coefficient (Wildman–Crippen LogP) is 2.81. The van der Waals surface area contributed by atoms with Crippen molar-refractivity contribution in [3.63, 3.8) is 0 Å². The fourth-order valence-electron chi connectivity index (χ4n) is 3.17. The first-order valence-corrected chi connectivity index (χ1v) is 9.85. The molecule has 3 rings (SSSR count). The summed E-state index contributed by atoms with van der Waals surface area (Å²) in [5.41, 5.74) is 1.81. The van der Waals surface area contributed by atoms with Crippen LogP contribution in [0.15, 0.2) is 48.5 Å². The molecule has 1 heterocycles. The maximum absolute atomic E-state index is 12.3. The van der Waals surface area contributed by atoms with E-state index in [-0.39, 0.29) is 18.5 Å². The fourth-order valence-corrected chi connectivity index (χ4v) is 3.43. The van der Waals surface area contributed by atoms with Crippen molar-refractivity contribution in [3.05, 3.63) is 59.1 Å². The first-order chi connectivity index (χ1) is 14.0. The highest BCUT2D eigenvalue weighted by Gasteiger charge is 2.21. The number of amides is 3. The molecule has 0 atom stereocenters. The number of piperazine rings is 1. The van der Waals surface area contributed by atoms with Crippen molar-refractivity contribution in [1.82, 2.24) is 15.1 Å². The molecular formula is C21H25ClN4O3. The molecule has 0 saturated carbocycles. The van der Waals surface area contributed by atoms with Gasteiger partial charge in [0.25, 0.3) is 0 Å².